The van der Waals surface area contributed by atoms with Crippen LogP contribution in [0, 0.1) is 5.41 Å². The summed E-state index contributed by atoms with van der Waals surface area (Å²) >= 11 is 0. The van der Waals surface area contributed by atoms with Gasteiger partial charge in [-0.15, -0.1) is 24.0 Å². The van der Waals surface area contributed by atoms with Crippen molar-refractivity contribution in [3.05, 3.63) is 0 Å². The molecular weight excluding hydrogens is 363 g/mol. The number of halogens is 1. The SMILES string of the molecule is CCNC(=NCCN(C)CC)N1CC(C)(C)C1(C)C.I. The molecular formula is C15H33IN4. The molecule has 0 radical (unpaired) electrons. The van der Waals surface area contributed by atoms with Gasteiger partial charge in [-0.1, -0.05) is 20.8 Å². The van der Waals surface area contributed by atoms with Crippen LogP contribution >= 0.6 is 24.0 Å². The van der Waals surface area contributed by atoms with Gasteiger partial charge in [-0.05, 0) is 34.4 Å². The zero-order chi connectivity index (χ0) is 14.7. The fraction of sp³-hybridized carbons (Fsp3) is 0.933. The van der Waals surface area contributed by atoms with Crippen molar-refractivity contribution in [2.75, 3.05) is 39.8 Å². The number of guanidine groups is 1. The molecule has 0 aromatic carbocycles. The molecule has 4 nitrogen and oxygen atoms in total. The van der Waals surface area contributed by atoms with Crippen LogP contribution in [0.1, 0.15) is 41.5 Å². The average molecular weight is 396 g/mol. The molecule has 5 heteroatoms. The van der Waals surface area contributed by atoms with Crippen molar-refractivity contribution in [3.8, 4) is 0 Å². The first-order valence-electron chi connectivity index (χ1n) is 7.50. The Balaban J connectivity index is 0.00000361. The summed E-state index contributed by atoms with van der Waals surface area (Å²) < 4.78 is 0. The highest BCUT2D eigenvalue weighted by Crippen LogP contribution is 2.46. The van der Waals surface area contributed by atoms with Crippen LogP contribution in [0.4, 0.5) is 0 Å². The zero-order valence-electron chi connectivity index (χ0n) is 14.3. The largest absolute Gasteiger partial charge is 0.356 e. The molecule has 1 aliphatic heterocycles. The van der Waals surface area contributed by atoms with Gasteiger partial charge in [0.1, 0.15) is 0 Å². The van der Waals surface area contributed by atoms with Gasteiger partial charge < -0.3 is 15.1 Å². The smallest absolute Gasteiger partial charge is 0.194 e. The van der Waals surface area contributed by atoms with E-state index in [1.807, 2.05) is 0 Å². The van der Waals surface area contributed by atoms with E-state index in [-0.39, 0.29) is 29.5 Å². The molecule has 0 amide bonds. The van der Waals surface area contributed by atoms with Gasteiger partial charge in [0.2, 0.25) is 0 Å². The fourth-order valence-electron chi connectivity index (χ4n) is 2.28. The summed E-state index contributed by atoms with van der Waals surface area (Å²) in [7, 11) is 2.14. The van der Waals surface area contributed by atoms with Crippen LogP contribution in [-0.2, 0) is 0 Å². The molecule has 0 saturated carbocycles. The highest BCUT2D eigenvalue weighted by atomic mass is 127. The van der Waals surface area contributed by atoms with Crippen LogP contribution in [0.5, 0.6) is 0 Å². The maximum absolute atomic E-state index is 4.77. The van der Waals surface area contributed by atoms with Crippen LogP contribution in [-0.4, -0.2) is 61.1 Å². The maximum Gasteiger partial charge on any atom is 0.194 e. The van der Waals surface area contributed by atoms with Crippen LogP contribution < -0.4 is 5.32 Å². The highest BCUT2D eigenvalue weighted by Gasteiger charge is 2.53. The lowest BCUT2D eigenvalue weighted by Gasteiger charge is -2.62. The number of aliphatic imine (C=N–C) groups is 1. The number of likely N-dealkylation sites (N-methyl/N-ethyl adjacent to an activating group) is 1. The molecule has 120 valence electrons. The molecule has 0 aromatic heterocycles. The van der Waals surface area contributed by atoms with E-state index < -0.39 is 0 Å². The third-order valence-electron chi connectivity index (χ3n) is 4.76. The summed E-state index contributed by atoms with van der Waals surface area (Å²) in [5.74, 6) is 1.07. The molecule has 0 unspecified atom stereocenters. The van der Waals surface area contributed by atoms with E-state index in [0.29, 0.717) is 5.41 Å². The molecule has 0 atom stereocenters. The van der Waals surface area contributed by atoms with E-state index in [2.05, 4.69) is 63.7 Å². The first kappa shape index (κ1) is 20.0. The molecule has 1 N–H and O–H groups in total. The summed E-state index contributed by atoms with van der Waals surface area (Å²) in [6.07, 6.45) is 0. The normalized spacial score (nSPS) is 20.4. The lowest BCUT2D eigenvalue weighted by Crippen LogP contribution is -2.72. The Labute approximate surface area is 142 Å². The lowest BCUT2D eigenvalue weighted by molar-refractivity contribution is -0.0667. The number of hydrogen-bond donors (Lipinski definition) is 1. The van der Waals surface area contributed by atoms with Gasteiger partial charge in [-0.2, -0.15) is 0 Å². The Morgan fingerprint density at radius 3 is 2.25 bits per heavy atom. The van der Waals surface area contributed by atoms with Gasteiger partial charge in [-0.25, -0.2) is 0 Å². The van der Waals surface area contributed by atoms with Gasteiger partial charge in [0, 0.05) is 30.6 Å². The first-order chi connectivity index (χ1) is 8.76. The molecule has 1 rings (SSSR count). The molecule has 1 aliphatic rings. The Morgan fingerprint density at radius 2 is 1.85 bits per heavy atom. The molecule has 20 heavy (non-hydrogen) atoms. The van der Waals surface area contributed by atoms with Gasteiger partial charge in [-0.3, -0.25) is 4.99 Å². The van der Waals surface area contributed by atoms with Crippen molar-refractivity contribution in [1.29, 1.82) is 0 Å². The minimum absolute atomic E-state index is 0. The van der Waals surface area contributed by atoms with Crippen LogP contribution in [0.3, 0.4) is 0 Å². The second-order valence-corrected chi connectivity index (χ2v) is 6.66. The van der Waals surface area contributed by atoms with E-state index in [0.717, 1.165) is 38.7 Å². The average Bonchev–Trinajstić information content (AvgIpc) is 2.34. The molecule has 1 heterocycles. The Hall–Kier alpha value is -0.0400. The van der Waals surface area contributed by atoms with Crippen LogP contribution in [0.2, 0.25) is 0 Å². The Morgan fingerprint density at radius 1 is 1.25 bits per heavy atom. The van der Waals surface area contributed by atoms with Crippen molar-refractivity contribution in [3.63, 3.8) is 0 Å². The van der Waals surface area contributed by atoms with Crippen molar-refractivity contribution in [1.82, 2.24) is 15.1 Å². The topological polar surface area (TPSA) is 30.9 Å². The third kappa shape index (κ3) is 4.23. The van der Waals surface area contributed by atoms with Crippen molar-refractivity contribution < 1.29 is 0 Å². The predicted molar refractivity (Wildman–Crippen MR) is 99.1 cm³/mol. The van der Waals surface area contributed by atoms with E-state index >= 15 is 0 Å². The van der Waals surface area contributed by atoms with E-state index in [1.165, 1.54) is 0 Å². The third-order valence-corrected chi connectivity index (χ3v) is 4.76. The van der Waals surface area contributed by atoms with Gasteiger partial charge in [0.25, 0.3) is 0 Å². The number of likely N-dealkylation sites (tertiary alicyclic amines) is 1. The van der Waals surface area contributed by atoms with Crippen LogP contribution in [0.15, 0.2) is 4.99 Å². The van der Waals surface area contributed by atoms with Crippen molar-refractivity contribution >= 4 is 29.9 Å². The molecule has 1 fully saturated rings. The molecule has 1 saturated heterocycles. The lowest BCUT2D eigenvalue weighted by atomic mass is 9.65. The molecule has 0 bridgehead atoms. The van der Waals surface area contributed by atoms with Crippen LogP contribution in [0.25, 0.3) is 0 Å². The van der Waals surface area contributed by atoms with E-state index in [1.54, 1.807) is 0 Å². The van der Waals surface area contributed by atoms with E-state index in [4.69, 9.17) is 4.99 Å². The quantitative estimate of drug-likeness (QED) is 0.441. The first-order valence-corrected chi connectivity index (χ1v) is 7.50. The molecule has 0 spiro atoms. The second kappa shape index (κ2) is 7.82. The minimum atomic E-state index is 0. The number of nitrogens with zero attached hydrogens (tertiary/aromatic N) is 3. The van der Waals surface area contributed by atoms with Gasteiger partial charge in [0.05, 0.1) is 6.54 Å². The van der Waals surface area contributed by atoms with E-state index in [9.17, 15) is 0 Å². The number of nitrogens with one attached hydrogen (secondary N) is 1. The Kier molecular flexibility index (Phi) is 7.81. The molecule has 0 aliphatic carbocycles. The standard InChI is InChI=1S/C15H32N4.HI/c1-8-16-13(17-10-11-18(7)9-2)19-12-14(3,4)15(19,5)6;/h8-12H2,1-7H3,(H,16,17);1H. The highest BCUT2D eigenvalue weighted by molar-refractivity contribution is 14.0. The summed E-state index contributed by atoms with van der Waals surface area (Å²) in [5.41, 5.74) is 0.522. The monoisotopic (exact) mass is 396 g/mol. The van der Waals surface area contributed by atoms with Crippen molar-refractivity contribution in [2.45, 2.75) is 47.1 Å². The maximum atomic E-state index is 4.77. The summed E-state index contributed by atoms with van der Waals surface area (Å²) in [5, 5.41) is 3.43. The second-order valence-electron chi connectivity index (χ2n) is 6.66. The summed E-state index contributed by atoms with van der Waals surface area (Å²) in [6.45, 7) is 18.5. The fourth-order valence-corrected chi connectivity index (χ4v) is 2.28. The number of rotatable bonds is 5. The van der Waals surface area contributed by atoms with Gasteiger partial charge in [0.15, 0.2) is 5.96 Å². The summed E-state index contributed by atoms with van der Waals surface area (Å²) in [4.78, 5) is 9.47. The zero-order valence-corrected chi connectivity index (χ0v) is 16.6. The van der Waals surface area contributed by atoms with Gasteiger partial charge >= 0.3 is 0 Å². The predicted octanol–water partition coefficient (Wildman–Crippen LogP) is 2.64. The Bertz CT molecular complexity index is 326. The minimum Gasteiger partial charge on any atom is -0.356 e. The summed E-state index contributed by atoms with van der Waals surface area (Å²) in [6, 6.07) is 0. The molecule has 0 aromatic rings. The van der Waals surface area contributed by atoms with Crippen molar-refractivity contribution in [2.24, 2.45) is 10.4 Å². The number of hydrogen-bond acceptors (Lipinski definition) is 2.